The van der Waals surface area contributed by atoms with E-state index in [0.717, 1.165) is 11.0 Å². The summed E-state index contributed by atoms with van der Waals surface area (Å²) < 4.78 is 29.0. The minimum atomic E-state index is -1.44. The maximum absolute atomic E-state index is 14.8. The standard InChI is InChI=1S/C21H14F2N6S/c22-10-21(15-7-17(15)30-20(25)29-21)14-6-13(1-2-16(14)23)28-19-18-12(3-4-26-19)5-11(8-24)9-27-18/h1-7,9,17H,10H2,(H2,25,29)(H,26,28)/t17-,21+/m0/s1. The van der Waals surface area contributed by atoms with Crippen LogP contribution in [0.2, 0.25) is 0 Å². The number of anilines is 2. The zero-order chi connectivity index (χ0) is 20.9. The third-order valence-corrected chi connectivity index (χ3v) is 6.13. The molecule has 3 N–H and O–H groups in total. The van der Waals surface area contributed by atoms with Crippen LogP contribution in [0.25, 0.3) is 10.9 Å². The molecule has 0 radical (unpaired) electrons. The zero-order valence-electron chi connectivity index (χ0n) is 15.4. The molecule has 1 aliphatic heterocycles. The number of halogens is 2. The largest absolute Gasteiger partial charge is 0.378 e. The number of hydrogen-bond donors (Lipinski definition) is 2. The molecular formula is C21H14F2N6S. The number of aliphatic imine (C=N–C) groups is 1. The number of nitrogens with two attached hydrogens (primary N) is 1. The zero-order valence-corrected chi connectivity index (χ0v) is 16.3. The van der Waals surface area contributed by atoms with Crippen LogP contribution < -0.4 is 11.1 Å². The Kier molecular flexibility index (Phi) is 4.18. The molecule has 0 amide bonds. The second-order valence-electron chi connectivity index (χ2n) is 6.99. The van der Waals surface area contributed by atoms with Crippen molar-refractivity contribution in [2.45, 2.75) is 10.8 Å². The highest BCUT2D eigenvalue weighted by Gasteiger charge is 2.51. The Hall–Kier alpha value is -3.51. The molecule has 0 saturated heterocycles. The van der Waals surface area contributed by atoms with Gasteiger partial charge in [-0.1, -0.05) is 17.8 Å². The number of alkyl halides is 1. The number of benzene rings is 1. The topological polar surface area (TPSA) is 100.0 Å². The first kappa shape index (κ1) is 18.5. The van der Waals surface area contributed by atoms with E-state index in [0.29, 0.717) is 22.6 Å². The average Bonchev–Trinajstić information content (AvgIpc) is 3.54. The van der Waals surface area contributed by atoms with Gasteiger partial charge in [0.25, 0.3) is 0 Å². The van der Waals surface area contributed by atoms with Gasteiger partial charge < -0.3 is 11.1 Å². The van der Waals surface area contributed by atoms with Gasteiger partial charge in [0, 0.05) is 29.0 Å². The second kappa shape index (κ2) is 6.78. The molecule has 3 heterocycles. The van der Waals surface area contributed by atoms with Crippen LogP contribution in [0.1, 0.15) is 11.1 Å². The Bertz CT molecular complexity index is 1300. The van der Waals surface area contributed by atoms with Gasteiger partial charge >= 0.3 is 0 Å². The normalized spacial score (nSPS) is 22.0. The highest BCUT2D eigenvalue weighted by molar-refractivity contribution is 8.14. The lowest BCUT2D eigenvalue weighted by Gasteiger charge is -2.30. The Labute approximate surface area is 174 Å². The molecule has 2 aliphatic rings. The Morgan fingerprint density at radius 2 is 2.13 bits per heavy atom. The minimum absolute atomic E-state index is 0.0347. The summed E-state index contributed by atoms with van der Waals surface area (Å²) in [6, 6.07) is 9.85. The summed E-state index contributed by atoms with van der Waals surface area (Å²) in [5.41, 5.74) is 6.79. The van der Waals surface area contributed by atoms with Crippen LogP contribution in [-0.4, -0.2) is 27.1 Å². The van der Waals surface area contributed by atoms with Crippen LogP contribution in [-0.2, 0) is 5.54 Å². The van der Waals surface area contributed by atoms with Crippen molar-refractivity contribution in [3.8, 4) is 6.07 Å². The average molecular weight is 420 g/mol. The molecule has 9 heteroatoms. The van der Waals surface area contributed by atoms with Crippen molar-refractivity contribution in [2.24, 2.45) is 10.7 Å². The van der Waals surface area contributed by atoms with Crippen molar-refractivity contribution in [3.05, 3.63) is 71.3 Å². The van der Waals surface area contributed by atoms with Crippen LogP contribution in [0, 0.1) is 17.1 Å². The van der Waals surface area contributed by atoms with Gasteiger partial charge in [0.15, 0.2) is 11.0 Å². The van der Waals surface area contributed by atoms with Crippen LogP contribution in [0.15, 0.2) is 59.4 Å². The quantitative estimate of drug-likeness (QED) is 0.621. The third kappa shape index (κ3) is 2.88. The number of nitriles is 1. The number of pyridine rings is 2. The molecule has 0 spiro atoms. The molecule has 30 heavy (non-hydrogen) atoms. The summed E-state index contributed by atoms with van der Waals surface area (Å²) in [5.74, 6) is -0.120. The number of aromatic nitrogens is 2. The first-order valence-electron chi connectivity index (χ1n) is 9.06. The predicted octanol–water partition coefficient (Wildman–Crippen LogP) is 3.92. The molecule has 1 aromatic carbocycles. The van der Waals surface area contributed by atoms with Gasteiger partial charge in [-0.2, -0.15) is 5.26 Å². The van der Waals surface area contributed by atoms with Crippen LogP contribution in [0.5, 0.6) is 0 Å². The van der Waals surface area contributed by atoms with E-state index in [1.807, 2.05) is 6.08 Å². The summed E-state index contributed by atoms with van der Waals surface area (Å²) in [5, 5.41) is 13.1. The lowest BCUT2D eigenvalue weighted by Crippen LogP contribution is -2.34. The molecule has 5 rings (SSSR count). The van der Waals surface area contributed by atoms with Crippen LogP contribution >= 0.6 is 11.8 Å². The van der Waals surface area contributed by atoms with Gasteiger partial charge in [0.1, 0.15) is 29.6 Å². The van der Waals surface area contributed by atoms with E-state index in [1.165, 1.54) is 30.1 Å². The molecular weight excluding hydrogens is 406 g/mol. The fraction of sp³-hybridized carbons (Fsp3) is 0.143. The number of hydrogen-bond acceptors (Lipinski definition) is 7. The lowest BCUT2D eigenvalue weighted by atomic mass is 9.87. The minimum Gasteiger partial charge on any atom is -0.378 e. The van der Waals surface area contributed by atoms with Crippen molar-refractivity contribution in [2.75, 3.05) is 12.0 Å². The monoisotopic (exact) mass is 420 g/mol. The number of nitrogens with one attached hydrogen (secondary N) is 1. The van der Waals surface area contributed by atoms with E-state index in [2.05, 4.69) is 26.3 Å². The molecule has 2 atom stereocenters. The SMILES string of the molecule is N#Cc1cnc2c(Nc3ccc(F)c([C@@]4(CF)N=C(N)S[C@H]5C=C54)c3)nccc2c1. The van der Waals surface area contributed by atoms with Crippen molar-refractivity contribution in [3.63, 3.8) is 0 Å². The van der Waals surface area contributed by atoms with E-state index in [9.17, 15) is 8.78 Å². The molecule has 0 fully saturated rings. The number of thioether (sulfide) groups is 1. The highest BCUT2D eigenvalue weighted by Crippen LogP contribution is 2.53. The molecule has 2 aromatic heterocycles. The van der Waals surface area contributed by atoms with Gasteiger partial charge in [-0.3, -0.25) is 4.98 Å². The fourth-order valence-corrected chi connectivity index (χ4v) is 4.66. The van der Waals surface area contributed by atoms with Crippen LogP contribution in [0.3, 0.4) is 0 Å². The van der Waals surface area contributed by atoms with Gasteiger partial charge in [-0.25, -0.2) is 18.8 Å². The second-order valence-corrected chi connectivity index (χ2v) is 8.15. The predicted molar refractivity (Wildman–Crippen MR) is 113 cm³/mol. The Morgan fingerprint density at radius 1 is 1.27 bits per heavy atom. The van der Waals surface area contributed by atoms with Gasteiger partial charge in [-0.15, -0.1) is 0 Å². The van der Waals surface area contributed by atoms with Crippen molar-refractivity contribution >= 4 is 39.3 Å². The van der Waals surface area contributed by atoms with Crippen LogP contribution in [0.4, 0.5) is 20.3 Å². The Morgan fingerprint density at radius 3 is 2.93 bits per heavy atom. The van der Waals surface area contributed by atoms with E-state index < -0.39 is 18.0 Å². The number of fused-ring (bicyclic) bond motifs is 2. The molecule has 0 saturated carbocycles. The molecule has 1 aliphatic carbocycles. The summed E-state index contributed by atoms with van der Waals surface area (Å²) in [7, 11) is 0. The number of amidine groups is 1. The fourth-order valence-electron chi connectivity index (χ4n) is 3.66. The summed E-state index contributed by atoms with van der Waals surface area (Å²) >= 11 is 1.33. The van der Waals surface area contributed by atoms with Gasteiger partial charge in [-0.05, 0) is 35.9 Å². The lowest BCUT2D eigenvalue weighted by molar-refractivity contribution is 0.351. The van der Waals surface area contributed by atoms with Crippen molar-refractivity contribution in [1.82, 2.24) is 9.97 Å². The first-order valence-corrected chi connectivity index (χ1v) is 9.94. The highest BCUT2D eigenvalue weighted by atomic mass is 32.2. The molecule has 0 unspecified atom stereocenters. The van der Waals surface area contributed by atoms with Crippen molar-refractivity contribution in [1.29, 1.82) is 5.26 Å². The van der Waals surface area contributed by atoms with Gasteiger partial charge in [0.2, 0.25) is 0 Å². The maximum atomic E-state index is 14.8. The third-order valence-electron chi connectivity index (χ3n) is 5.15. The molecule has 3 aromatic rings. The first-order chi connectivity index (χ1) is 14.5. The van der Waals surface area contributed by atoms with Gasteiger partial charge in [0.05, 0.1) is 10.8 Å². The number of rotatable bonds is 4. The van der Waals surface area contributed by atoms with E-state index in [-0.39, 0.29) is 16.0 Å². The molecule has 148 valence electrons. The van der Waals surface area contributed by atoms with E-state index in [1.54, 1.807) is 24.4 Å². The van der Waals surface area contributed by atoms with E-state index in [4.69, 9.17) is 11.0 Å². The molecule has 6 nitrogen and oxygen atoms in total. The Balaban J connectivity index is 1.57. The summed E-state index contributed by atoms with van der Waals surface area (Å²) in [6.07, 6.45) is 4.90. The smallest absolute Gasteiger partial charge is 0.156 e. The van der Waals surface area contributed by atoms with E-state index >= 15 is 0 Å². The summed E-state index contributed by atoms with van der Waals surface area (Å²) in [6.45, 7) is -0.887. The van der Waals surface area contributed by atoms with Crippen molar-refractivity contribution < 1.29 is 8.78 Å². The summed E-state index contributed by atoms with van der Waals surface area (Å²) in [4.78, 5) is 12.9. The molecule has 0 bridgehead atoms. The number of nitrogens with zero attached hydrogens (tertiary/aromatic N) is 4. The maximum Gasteiger partial charge on any atom is 0.156 e.